The van der Waals surface area contributed by atoms with Crippen LogP contribution in [-0.4, -0.2) is 29.9 Å². The summed E-state index contributed by atoms with van der Waals surface area (Å²) in [7, 11) is 1.32. The minimum absolute atomic E-state index is 0.198. The second-order valence-electron chi connectivity index (χ2n) is 7.53. The minimum atomic E-state index is -0.466. The molecule has 0 aliphatic carbocycles. The van der Waals surface area contributed by atoms with E-state index in [4.69, 9.17) is 4.74 Å². The molecule has 3 rings (SSSR count). The highest BCUT2D eigenvalue weighted by atomic mass is 16.5. The number of ether oxygens (including phenoxy) is 1. The quantitative estimate of drug-likeness (QED) is 0.487. The first-order chi connectivity index (χ1) is 15.3. The second-order valence-corrected chi connectivity index (χ2v) is 7.53. The molecule has 0 radical (unpaired) electrons. The molecule has 1 aromatic heterocycles. The van der Waals surface area contributed by atoms with Gasteiger partial charge in [-0.25, -0.2) is 4.79 Å². The zero-order valence-corrected chi connectivity index (χ0v) is 18.7. The van der Waals surface area contributed by atoms with E-state index in [2.05, 4.69) is 15.6 Å². The first-order valence-corrected chi connectivity index (χ1v) is 10.4. The number of hydrogen-bond acceptors (Lipinski definition) is 4. The lowest BCUT2D eigenvalue weighted by molar-refractivity contribution is 0.0598. The third-order valence-electron chi connectivity index (χ3n) is 5.25. The number of benzene rings is 2. The van der Waals surface area contributed by atoms with E-state index in [1.54, 1.807) is 25.1 Å². The van der Waals surface area contributed by atoms with Gasteiger partial charge in [-0.05, 0) is 55.7 Å². The molecule has 1 heterocycles. The number of aromatic nitrogens is 1. The normalized spacial score (nSPS) is 10.5. The van der Waals surface area contributed by atoms with Gasteiger partial charge in [-0.3, -0.25) is 9.59 Å². The SMILES string of the molecule is CCc1[nH]c(C(=O)NCc2cccc(NC(=O)c3ccc(C)cc3)c2)c(C)c1C(=O)OC. The van der Waals surface area contributed by atoms with Crippen molar-refractivity contribution in [1.82, 2.24) is 10.3 Å². The van der Waals surface area contributed by atoms with E-state index in [1.165, 1.54) is 7.11 Å². The first kappa shape index (κ1) is 22.8. The monoisotopic (exact) mass is 433 g/mol. The van der Waals surface area contributed by atoms with Crippen molar-refractivity contribution in [1.29, 1.82) is 0 Å². The maximum atomic E-state index is 12.7. The Bertz CT molecular complexity index is 1150. The van der Waals surface area contributed by atoms with Crippen molar-refractivity contribution < 1.29 is 19.1 Å². The van der Waals surface area contributed by atoms with Crippen LogP contribution in [0.3, 0.4) is 0 Å². The molecule has 0 unspecified atom stereocenters. The molecule has 32 heavy (non-hydrogen) atoms. The van der Waals surface area contributed by atoms with Crippen LogP contribution in [-0.2, 0) is 17.7 Å². The fourth-order valence-electron chi connectivity index (χ4n) is 3.47. The van der Waals surface area contributed by atoms with Gasteiger partial charge in [-0.15, -0.1) is 0 Å². The Morgan fingerprint density at radius 2 is 1.72 bits per heavy atom. The van der Waals surface area contributed by atoms with E-state index >= 15 is 0 Å². The third-order valence-corrected chi connectivity index (χ3v) is 5.25. The third kappa shape index (κ3) is 5.06. The summed E-state index contributed by atoms with van der Waals surface area (Å²) in [5.74, 6) is -0.983. The summed E-state index contributed by atoms with van der Waals surface area (Å²) < 4.78 is 4.84. The van der Waals surface area contributed by atoms with Gasteiger partial charge in [-0.1, -0.05) is 36.8 Å². The lowest BCUT2D eigenvalue weighted by Gasteiger charge is -2.09. The number of carbonyl (C=O) groups excluding carboxylic acids is 3. The Balaban J connectivity index is 1.68. The molecule has 0 saturated heterocycles. The van der Waals surface area contributed by atoms with E-state index in [9.17, 15) is 14.4 Å². The Morgan fingerprint density at radius 3 is 2.38 bits per heavy atom. The summed E-state index contributed by atoms with van der Waals surface area (Å²) in [5.41, 5.74) is 5.09. The molecule has 0 saturated carbocycles. The van der Waals surface area contributed by atoms with E-state index in [-0.39, 0.29) is 18.4 Å². The number of aromatic amines is 1. The van der Waals surface area contributed by atoms with Crippen molar-refractivity contribution >= 4 is 23.5 Å². The predicted molar refractivity (Wildman–Crippen MR) is 123 cm³/mol. The fraction of sp³-hybridized carbons (Fsp3) is 0.240. The molecular formula is C25H27N3O4. The first-order valence-electron chi connectivity index (χ1n) is 10.4. The highest BCUT2D eigenvalue weighted by molar-refractivity contribution is 6.04. The zero-order chi connectivity index (χ0) is 23.3. The van der Waals surface area contributed by atoms with E-state index < -0.39 is 5.97 Å². The highest BCUT2D eigenvalue weighted by Crippen LogP contribution is 2.20. The van der Waals surface area contributed by atoms with Crippen LogP contribution < -0.4 is 10.6 Å². The van der Waals surface area contributed by atoms with Crippen LogP contribution in [0.2, 0.25) is 0 Å². The van der Waals surface area contributed by atoms with Crippen molar-refractivity contribution in [3.8, 4) is 0 Å². The number of hydrogen-bond donors (Lipinski definition) is 3. The molecule has 7 heteroatoms. The van der Waals surface area contributed by atoms with Crippen molar-refractivity contribution in [2.24, 2.45) is 0 Å². The number of esters is 1. The van der Waals surface area contributed by atoms with Crippen LogP contribution in [0.5, 0.6) is 0 Å². The van der Waals surface area contributed by atoms with Crippen molar-refractivity contribution in [3.05, 3.63) is 87.7 Å². The Morgan fingerprint density at radius 1 is 1.00 bits per heavy atom. The van der Waals surface area contributed by atoms with Gasteiger partial charge in [0.1, 0.15) is 5.69 Å². The van der Waals surface area contributed by atoms with Crippen molar-refractivity contribution in [2.45, 2.75) is 33.7 Å². The Labute approximate surface area is 187 Å². The molecule has 0 spiro atoms. The molecule has 166 valence electrons. The smallest absolute Gasteiger partial charge is 0.339 e. The molecule has 0 atom stereocenters. The van der Waals surface area contributed by atoms with Crippen LogP contribution in [0.4, 0.5) is 5.69 Å². The van der Waals surface area contributed by atoms with Crippen LogP contribution in [0.1, 0.15) is 60.5 Å². The number of amides is 2. The topological polar surface area (TPSA) is 100 Å². The number of aryl methyl sites for hydroxylation is 2. The van der Waals surface area contributed by atoms with Gasteiger partial charge in [0.15, 0.2) is 0 Å². The number of nitrogens with one attached hydrogen (secondary N) is 3. The predicted octanol–water partition coefficient (Wildman–Crippen LogP) is 4.16. The van der Waals surface area contributed by atoms with Gasteiger partial charge < -0.3 is 20.4 Å². The Hall–Kier alpha value is -3.87. The molecule has 0 aliphatic rings. The van der Waals surface area contributed by atoms with Gasteiger partial charge in [-0.2, -0.15) is 0 Å². The summed E-state index contributed by atoms with van der Waals surface area (Å²) in [6, 6.07) is 14.6. The van der Waals surface area contributed by atoms with Crippen molar-refractivity contribution in [2.75, 3.05) is 12.4 Å². The number of rotatable bonds is 7. The standard InChI is InChI=1S/C25H27N3O4/c1-5-20-21(25(31)32-4)16(3)22(28-20)24(30)26-14-17-7-6-8-19(13-17)27-23(29)18-11-9-15(2)10-12-18/h6-13,28H,5,14H2,1-4H3,(H,26,30)(H,27,29). The van der Waals surface area contributed by atoms with E-state index in [0.29, 0.717) is 40.2 Å². The average Bonchev–Trinajstić information content (AvgIpc) is 3.14. The maximum Gasteiger partial charge on any atom is 0.339 e. The van der Waals surface area contributed by atoms with Gasteiger partial charge >= 0.3 is 5.97 Å². The van der Waals surface area contributed by atoms with E-state index in [0.717, 1.165) is 11.1 Å². The van der Waals surface area contributed by atoms with Crippen LogP contribution in [0, 0.1) is 13.8 Å². The number of H-pyrrole nitrogens is 1. The average molecular weight is 434 g/mol. The molecule has 2 amide bonds. The Kier molecular flexibility index (Phi) is 7.10. The summed E-state index contributed by atoms with van der Waals surface area (Å²) in [6.45, 7) is 5.85. The molecule has 7 nitrogen and oxygen atoms in total. The molecular weight excluding hydrogens is 406 g/mol. The fourth-order valence-corrected chi connectivity index (χ4v) is 3.47. The maximum absolute atomic E-state index is 12.7. The second kappa shape index (κ2) is 9.96. The lowest BCUT2D eigenvalue weighted by Crippen LogP contribution is -2.24. The summed E-state index contributed by atoms with van der Waals surface area (Å²) in [5, 5.41) is 5.74. The molecule has 0 fully saturated rings. The number of carbonyl (C=O) groups is 3. The van der Waals surface area contributed by atoms with Gasteiger partial charge in [0, 0.05) is 23.5 Å². The lowest BCUT2D eigenvalue weighted by atomic mass is 10.1. The summed E-state index contributed by atoms with van der Waals surface area (Å²) in [6.07, 6.45) is 0.571. The highest BCUT2D eigenvalue weighted by Gasteiger charge is 2.23. The van der Waals surface area contributed by atoms with Gasteiger partial charge in [0.2, 0.25) is 0 Å². The van der Waals surface area contributed by atoms with Crippen LogP contribution in [0.15, 0.2) is 48.5 Å². The molecule has 2 aromatic carbocycles. The zero-order valence-electron chi connectivity index (χ0n) is 18.7. The van der Waals surface area contributed by atoms with Crippen LogP contribution in [0.25, 0.3) is 0 Å². The molecule has 0 aliphatic heterocycles. The largest absolute Gasteiger partial charge is 0.465 e. The minimum Gasteiger partial charge on any atom is -0.465 e. The summed E-state index contributed by atoms with van der Waals surface area (Å²) in [4.78, 5) is 40.3. The summed E-state index contributed by atoms with van der Waals surface area (Å²) >= 11 is 0. The number of anilines is 1. The van der Waals surface area contributed by atoms with E-state index in [1.807, 2.05) is 44.2 Å². The molecule has 0 bridgehead atoms. The van der Waals surface area contributed by atoms with Gasteiger partial charge in [0.25, 0.3) is 11.8 Å². The molecule has 3 aromatic rings. The van der Waals surface area contributed by atoms with Crippen molar-refractivity contribution in [3.63, 3.8) is 0 Å². The van der Waals surface area contributed by atoms with Crippen LogP contribution >= 0.6 is 0 Å². The molecule has 3 N–H and O–H groups in total. The van der Waals surface area contributed by atoms with Gasteiger partial charge in [0.05, 0.1) is 12.7 Å². The number of methoxy groups -OCH3 is 1.